The first-order valence-corrected chi connectivity index (χ1v) is 9.32. The third-order valence-corrected chi connectivity index (χ3v) is 5.03. The van der Waals surface area contributed by atoms with Gasteiger partial charge in [0.15, 0.2) is 0 Å². The standard InChI is InChI=1S/C22H22ClN3O2/c1-14-11-18(15(2)26(14)13-16-7-5-4-6-8-16)22(28)25-17-9-10-20(23)19(12-17)21(27)24-3/h4-12H,13H2,1-3H3,(H,24,27)(H,25,28). The maximum absolute atomic E-state index is 12.8. The van der Waals surface area contributed by atoms with E-state index in [0.717, 1.165) is 11.4 Å². The minimum Gasteiger partial charge on any atom is -0.355 e. The van der Waals surface area contributed by atoms with Crippen molar-refractivity contribution in [2.75, 3.05) is 12.4 Å². The Morgan fingerprint density at radius 2 is 1.68 bits per heavy atom. The van der Waals surface area contributed by atoms with Crippen LogP contribution in [0.1, 0.15) is 37.7 Å². The van der Waals surface area contributed by atoms with Crippen LogP contribution in [0.15, 0.2) is 54.6 Å². The van der Waals surface area contributed by atoms with E-state index in [0.29, 0.717) is 28.4 Å². The number of carbonyl (C=O) groups excluding carboxylic acids is 2. The highest BCUT2D eigenvalue weighted by Crippen LogP contribution is 2.23. The van der Waals surface area contributed by atoms with E-state index in [1.54, 1.807) is 18.2 Å². The second kappa shape index (κ2) is 8.31. The van der Waals surface area contributed by atoms with Crippen molar-refractivity contribution in [1.82, 2.24) is 9.88 Å². The average Bonchev–Trinajstić information content (AvgIpc) is 2.98. The number of amides is 2. The molecule has 6 heteroatoms. The van der Waals surface area contributed by atoms with Crippen molar-refractivity contribution in [3.8, 4) is 0 Å². The van der Waals surface area contributed by atoms with E-state index in [1.807, 2.05) is 38.1 Å². The summed E-state index contributed by atoms with van der Waals surface area (Å²) in [6.45, 7) is 4.62. The summed E-state index contributed by atoms with van der Waals surface area (Å²) in [7, 11) is 1.53. The number of aryl methyl sites for hydroxylation is 1. The maximum atomic E-state index is 12.8. The van der Waals surface area contributed by atoms with Crippen LogP contribution in [0.25, 0.3) is 0 Å². The van der Waals surface area contributed by atoms with Crippen molar-refractivity contribution >= 4 is 29.1 Å². The molecule has 0 aliphatic rings. The van der Waals surface area contributed by atoms with Gasteiger partial charge in [0.05, 0.1) is 16.1 Å². The quantitative estimate of drug-likeness (QED) is 0.671. The van der Waals surface area contributed by atoms with Gasteiger partial charge < -0.3 is 15.2 Å². The van der Waals surface area contributed by atoms with Crippen molar-refractivity contribution in [2.45, 2.75) is 20.4 Å². The van der Waals surface area contributed by atoms with Crippen LogP contribution in [0.5, 0.6) is 0 Å². The molecule has 1 aromatic heterocycles. The Kier molecular flexibility index (Phi) is 5.85. The minimum absolute atomic E-state index is 0.224. The number of carbonyl (C=O) groups is 2. The number of hydrogen-bond donors (Lipinski definition) is 2. The van der Waals surface area contributed by atoms with Gasteiger partial charge in [-0.2, -0.15) is 0 Å². The number of aromatic nitrogens is 1. The van der Waals surface area contributed by atoms with Crippen LogP contribution in [-0.2, 0) is 6.54 Å². The molecule has 0 saturated carbocycles. The topological polar surface area (TPSA) is 63.1 Å². The Bertz CT molecular complexity index is 1030. The fourth-order valence-electron chi connectivity index (χ4n) is 3.15. The predicted octanol–water partition coefficient (Wildman–Crippen LogP) is 4.42. The van der Waals surface area contributed by atoms with Gasteiger partial charge in [-0.3, -0.25) is 9.59 Å². The Morgan fingerprint density at radius 1 is 0.964 bits per heavy atom. The number of nitrogens with one attached hydrogen (secondary N) is 2. The smallest absolute Gasteiger partial charge is 0.257 e. The van der Waals surface area contributed by atoms with Crippen molar-refractivity contribution in [1.29, 1.82) is 0 Å². The van der Waals surface area contributed by atoms with Crippen LogP contribution in [0.2, 0.25) is 5.02 Å². The van der Waals surface area contributed by atoms with E-state index >= 15 is 0 Å². The van der Waals surface area contributed by atoms with Gasteiger partial charge >= 0.3 is 0 Å². The zero-order chi connectivity index (χ0) is 20.3. The summed E-state index contributed by atoms with van der Waals surface area (Å²) < 4.78 is 2.11. The molecule has 2 amide bonds. The first-order chi connectivity index (χ1) is 13.4. The molecule has 0 aliphatic heterocycles. The van der Waals surface area contributed by atoms with Gasteiger partial charge in [0, 0.05) is 30.7 Å². The van der Waals surface area contributed by atoms with Crippen LogP contribution in [0, 0.1) is 13.8 Å². The van der Waals surface area contributed by atoms with Gasteiger partial charge in [-0.1, -0.05) is 41.9 Å². The molecule has 2 aromatic carbocycles. The lowest BCUT2D eigenvalue weighted by molar-refractivity contribution is 0.0961. The van der Waals surface area contributed by atoms with E-state index in [1.165, 1.54) is 12.6 Å². The molecule has 2 N–H and O–H groups in total. The molecule has 3 rings (SSSR count). The predicted molar refractivity (Wildman–Crippen MR) is 112 cm³/mol. The Morgan fingerprint density at radius 3 is 2.36 bits per heavy atom. The van der Waals surface area contributed by atoms with Gasteiger partial charge in [-0.25, -0.2) is 0 Å². The van der Waals surface area contributed by atoms with E-state index in [-0.39, 0.29) is 11.8 Å². The molecule has 5 nitrogen and oxygen atoms in total. The summed E-state index contributed by atoms with van der Waals surface area (Å²) in [5, 5.41) is 5.73. The molecule has 0 atom stereocenters. The number of hydrogen-bond acceptors (Lipinski definition) is 2. The van der Waals surface area contributed by atoms with Crippen LogP contribution in [0.3, 0.4) is 0 Å². The van der Waals surface area contributed by atoms with Crippen molar-refractivity contribution in [3.63, 3.8) is 0 Å². The second-order valence-corrected chi connectivity index (χ2v) is 6.99. The van der Waals surface area contributed by atoms with Crippen LogP contribution in [-0.4, -0.2) is 23.4 Å². The van der Waals surface area contributed by atoms with Gasteiger partial charge in [0.1, 0.15) is 0 Å². The third-order valence-electron chi connectivity index (χ3n) is 4.70. The number of nitrogens with zero attached hydrogens (tertiary/aromatic N) is 1. The molecule has 28 heavy (non-hydrogen) atoms. The first kappa shape index (κ1) is 19.7. The highest BCUT2D eigenvalue weighted by molar-refractivity contribution is 6.34. The highest BCUT2D eigenvalue weighted by atomic mass is 35.5. The van der Waals surface area contributed by atoms with Crippen molar-refractivity contribution < 1.29 is 9.59 Å². The van der Waals surface area contributed by atoms with E-state index in [4.69, 9.17) is 11.6 Å². The van der Waals surface area contributed by atoms with Crippen molar-refractivity contribution in [3.05, 3.63) is 87.7 Å². The lowest BCUT2D eigenvalue weighted by Gasteiger charge is -2.11. The fraction of sp³-hybridized carbons (Fsp3) is 0.182. The SMILES string of the molecule is CNC(=O)c1cc(NC(=O)c2cc(C)n(Cc3ccccc3)c2C)ccc1Cl. The number of rotatable bonds is 5. The van der Waals surface area contributed by atoms with Gasteiger partial charge in [-0.15, -0.1) is 0 Å². The third kappa shape index (κ3) is 4.10. The fourth-order valence-corrected chi connectivity index (χ4v) is 3.35. The molecule has 0 spiro atoms. The van der Waals surface area contributed by atoms with Gasteiger partial charge in [-0.05, 0) is 43.7 Å². The van der Waals surface area contributed by atoms with Crippen LogP contribution in [0.4, 0.5) is 5.69 Å². The van der Waals surface area contributed by atoms with E-state index in [9.17, 15) is 9.59 Å². The number of halogens is 1. The van der Waals surface area contributed by atoms with E-state index < -0.39 is 0 Å². The van der Waals surface area contributed by atoms with Gasteiger partial charge in [0.25, 0.3) is 11.8 Å². The summed E-state index contributed by atoms with van der Waals surface area (Å²) in [6, 6.07) is 16.8. The monoisotopic (exact) mass is 395 g/mol. The Labute approximate surface area is 169 Å². The highest BCUT2D eigenvalue weighted by Gasteiger charge is 2.17. The molecule has 1 heterocycles. The molecule has 0 unspecified atom stereocenters. The maximum Gasteiger partial charge on any atom is 0.257 e. The summed E-state index contributed by atoms with van der Waals surface area (Å²) >= 11 is 6.07. The molecule has 3 aromatic rings. The molecule has 0 radical (unpaired) electrons. The lowest BCUT2D eigenvalue weighted by atomic mass is 10.1. The zero-order valence-corrected chi connectivity index (χ0v) is 16.8. The largest absolute Gasteiger partial charge is 0.355 e. The molecule has 0 aliphatic carbocycles. The van der Waals surface area contributed by atoms with E-state index in [2.05, 4.69) is 27.3 Å². The summed E-state index contributed by atoms with van der Waals surface area (Å²) in [6.07, 6.45) is 0. The van der Waals surface area contributed by atoms with Crippen LogP contribution < -0.4 is 10.6 Å². The lowest BCUT2D eigenvalue weighted by Crippen LogP contribution is -2.19. The Balaban J connectivity index is 1.84. The van der Waals surface area contributed by atoms with Gasteiger partial charge in [0.2, 0.25) is 0 Å². The zero-order valence-electron chi connectivity index (χ0n) is 16.0. The molecule has 0 bridgehead atoms. The molecular formula is C22H22ClN3O2. The molecular weight excluding hydrogens is 374 g/mol. The second-order valence-electron chi connectivity index (χ2n) is 6.58. The number of anilines is 1. The molecule has 0 saturated heterocycles. The normalized spacial score (nSPS) is 10.6. The summed E-state index contributed by atoms with van der Waals surface area (Å²) in [5.41, 5.74) is 4.50. The minimum atomic E-state index is -0.304. The van der Waals surface area contributed by atoms with Crippen LogP contribution >= 0.6 is 11.6 Å². The Hall–Kier alpha value is -3.05. The average molecular weight is 396 g/mol. The first-order valence-electron chi connectivity index (χ1n) is 8.94. The summed E-state index contributed by atoms with van der Waals surface area (Å²) in [5.74, 6) is -0.528. The summed E-state index contributed by atoms with van der Waals surface area (Å²) in [4.78, 5) is 24.7. The van der Waals surface area contributed by atoms with Crippen molar-refractivity contribution in [2.24, 2.45) is 0 Å². The number of benzene rings is 2. The molecule has 144 valence electrons. The molecule has 0 fully saturated rings.